The van der Waals surface area contributed by atoms with Crippen molar-refractivity contribution in [2.45, 2.75) is 77.8 Å². The first-order chi connectivity index (χ1) is 13.6. The monoisotopic (exact) mass is 440 g/mol. The molecule has 4 heteroatoms. The molecule has 0 heterocycles. The van der Waals surface area contributed by atoms with Crippen molar-refractivity contribution in [2.24, 2.45) is 0 Å². The van der Waals surface area contributed by atoms with Crippen molar-refractivity contribution in [1.82, 2.24) is 0 Å². The highest BCUT2D eigenvalue weighted by molar-refractivity contribution is 6.75. The van der Waals surface area contributed by atoms with Crippen LogP contribution in [-0.2, 0) is 0 Å². The van der Waals surface area contributed by atoms with E-state index in [2.05, 4.69) is 128 Å². The molecule has 0 spiro atoms. The summed E-state index contributed by atoms with van der Waals surface area (Å²) in [6, 6.07) is 16.8. The average molecular weight is 441 g/mol. The zero-order valence-corrected chi connectivity index (χ0v) is 22.6. The Labute approximate surface area is 186 Å². The highest BCUT2D eigenvalue weighted by atomic mass is 28.4. The quantitative estimate of drug-likeness (QED) is 0.330. The fourth-order valence-electron chi connectivity index (χ4n) is 2.38. The Morgan fingerprint density at radius 3 is 1.03 bits per heavy atom. The second-order valence-corrected chi connectivity index (χ2v) is 20.6. The molecule has 2 nitrogen and oxygen atoms in total. The minimum atomic E-state index is -1.80. The molecule has 164 valence electrons. The van der Waals surface area contributed by atoms with E-state index in [9.17, 15) is 0 Å². The summed E-state index contributed by atoms with van der Waals surface area (Å²) in [5, 5.41) is 0.401. The van der Waals surface area contributed by atoms with Crippen LogP contribution >= 0.6 is 0 Å². The molecular weight excluding hydrogens is 400 g/mol. The Kier molecular flexibility index (Phi) is 7.15. The van der Waals surface area contributed by atoms with Gasteiger partial charge in [0, 0.05) is 0 Å². The maximum atomic E-state index is 6.36. The van der Waals surface area contributed by atoms with Gasteiger partial charge in [-0.1, -0.05) is 78.0 Å². The van der Waals surface area contributed by atoms with E-state index in [-0.39, 0.29) is 10.1 Å². The lowest BCUT2D eigenvalue weighted by Gasteiger charge is -2.36. The zero-order valence-electron chi connectivity index (χ0n) is 20.6. The third kappa shape index (κ3) is 6.35. The number of benzene rings is 2. The first-order valence-electron chi connectivity index (χ1n) is 10.9. The van der Waals surface area contributed by atoms with Gasteiger partial charge in [0.25, 0.3) is 0 Å². The van der Waals surface area contributed by atoms with Gasteiger partial charge >= 0.3 is 0 Å². The van der Waals surface area contributed by atoms with Gasteiger partial charge in [-0.15, -0.1) is 0 Å². The Bertz CT molecular complexity index is 776. The molecule has 0 aliphatic heterocycles. The highest BCUT2D eigenvalue weighted by Crippen LogP contribution is 2.38. The predicted octanol–water partition coefficient (Wildman–Crippen LogP) is 8.63. The summed E-state index contributed by atoms with van der Waals surface area (Å²) in [6.45, 7) is 22.7. The molecule has 0 radical (unpaired) electrons. The normalized spacial score (nSPS) is 13.5. The van der Waals surface area contributed by atoms with Crippen LogP contribution in [0.5, 0.6) is 11.5 Å². The molecule has 2 aromatic carbocycles. The zero-order chi connectivity index (χ0) is 22.8. The Balaban J connectivity index is 2.03. The van der Waals surface area contributed by atoms with Gasteiger partial charge in [-0.05, 0) is 71.7 Å². The lowest BCUT2D eigenvalue weighted by molar-refractivity contribution is 0.492. The standard InChI is InChI=1S/C26H40O2Si2/c1-25(2,3)29(7,8)27-23-17-13-21(14-18-23)11-12-22-15-19-24(20-16-22)28-30(9,10)26(4,5)6/h11-20H,1-10H3/b12-11+. The van der Waals surface area contributed by atoms with E-state index in [1.807, 2.05) is 0 Å². The number of rotatable bonds is 6. The van der Waals surface area contributed by atoms with Crippen LogP contribution < -0.4 is 8.85 Å². The molecule has 0 bridgehead atoms. The van der Waals surface area contributed by atoms with Gasteiger partial charge in [0.1, 0.15) is 11.5 Å². The molecule has 0 aliphatic carbocycles. The van der Waals surface area contributed by atoms with E-state index in [4.69, 9.17) is 8.85 Å². The van der Waals surface area contributed by atoms with Crippen LogP contribution in [0.1, 0.15) is 52.7 Å². The topological polar surface area (TPSA) is 18.5 Å². The minimum absolute atomic E-state index is 0.200. The lowest BCUT2D eigenvalue weighted by atomic mass is 10.1. The van der Waals surface area contributed by atoms with E-state index in [0.717, 1.165) is 11.5 Å². The van der Waals surface area contributed by atoms with Gasteiger partial charge in [-0.25, -0.2) is 0 Å². The van der Waals surface area contributed by atoms with Crippen LogP contribution in [0.4, 0.5) is 0 Å². The first-order valence-corrected chi connectivity index (χ1v) is 16.7. The van der Waals surface area contributed by atoms with Crippen molar-refractivity contribution in [1.29, 1.82) is 0 Å². The third-order valence-electron chi connectivity index (χ3n) is 6.59. The van der Waals surface area contributed by atoms with E-state index < -0.39 is 16.6 Å². The fourth-order valence-corrected chi connectivity index (χ4v) is 4.44. The van der Waals surface area contributed by atoms with Crippen LogP contribution in [0, 0.1) is 0 Å². The number of hydrogen-bond acceptors (Lipinski definition) is 2. The van der Waals surface area contributed by atoms with Crippen molar-refractivity contribution in [2.75, 3.05) is 0 Å². The lowest BCUT2D eigenvalue weighted by Crippen LogP contribution is -2.43. The summed E-state index contributed by atoms with van der Waals surface area (Å²) in [5.41, 5.74) is 2.33. The molecule has 2 aromatic rings. The molecule has 0 unspecified atom stereocenters. The van der Waals surface area contributed by atoms with Gasteiger partial charge in [0.2, 0.25) is 16.6 Å². The van der Waals surface area contributed by atoms with Crippen molar-refractivity contribution in [3.05, 3.63) is 59.7 Å². The summed E-state index contributed by atoms with van der Waals surface area (Å²) >= 11 is 0. The second kappa shape index (κ2) is 8.76. The molecule has 0 amide bonds. The molecule has 0 saturated heterocycles. The van der Waals surface area contributed by atoms with Crippen LogP contribution in [0.3, 0.4) is 0 Å². The third-order valence-corrected chi connectivity index (χ3v) is 15.3. The van der Waals surface area contributed by atoms with E-state index in [1.54, 1.807) is 0 Å². The molecular formula is C26H40O2Si2. The maximum absolute atomic E-state index is 6.36. The smallest absolute Gasteiger partial charge is 0.250 e. The largest absolute Gasteiger partial charge is 0.544 e. The Hall–Kier alpha value is -1.79. The maximum Gasteiger partial charge on any atom is 0.250 e. The SMILES string of the molecule is CC(C)(C)[Si](C)(C)Oc1ccc(/C=C/c2ccc(O[Si](C)(C)C(C)(C)C)cc2)cc1. The van der Waals surface area contributed by atoms with E-state index in [0.29, 0.717) is 0 Å². The molecule has 0 N–H and O–H groups in total. The molecule has 0 saturated carbocycles. The van der Waals surface area contributed by atoms with Gasteiger partial charge in [-0.2, -0.15) is 0 Å². The average Bonchev–Trinajstić information content (AvgIpc) is 2.60. The van der Waals surface area contributed by atoms with E-state index >= 15 is 0 Å². The molecule has 0 atom stereocenters. The van der Waals surface area contributed by atoms with Crippen LogP contribution in [0.25, 0.3) is 12.2 Å². The van der Waals surface area contributed by atoms with E-state index in [1.165, 1.54) is 11.1 Å². The minimum Gasteiger partial charge on any atom is -0.544 e. The van der Waals surface area contributed by atoms with Crippen LogP contribution in [0.15, 0.2) is 48.5 Å². The highest BCUT2D eigenvalue weighted by Gasteiger charge is 2.39. The molecule has 0 fully saturated rings. The summed E-state index contributed by atoms with van der Waals surface area (Å²) < 4.78 is 12.7. The fraction of sp³-hybridized carbons (Fsp3) is 0.462. The molecule has 0 aliphatic rings. The van der Waals surface area contributed by atoms with Crippen molar-refractivity contribution in [3.8, 4) is 11.5 Å². The van der Waals surface area contributed by atoms with Crippen LogP contribution in [0.2, 0.25) is 36.3 Å². The molecule has 30 heavy (non-hydrogen) atoms. The van der Waals surface area contributed by atoms with Gasteiger partial charge in [0.05, 0.1) is 0 Å². The summed E-state index contributed by atoms with van der Waals surface area (Å²) in [7, 11) is -3.59. The predicted molar refractivity (Wildman–Crippen MR) is 137 cm³/mol. The van der Waals surface area contributed by atoms with Gasteiger partial charge in [0.15, 0.2) is 0 Å². The Morgan fingerprint density at radius 2 is 0.800 bits per heavy atom. The van der Waals surface area contributed by atoms with Crippen molar-refractivity contribution >= 4 is 28.8 Å². The van der Waals surface area contributed by atoms with Crippen LogP contribution in [-0.4, -0.2) is 16.6 Å². The first kappa shape index (κ1) is 24.5. The summed E-state index contributed by atoms with van der Waals surface area (Å²) in [5.74, 6) is 1.93. The van der Waals surface area contributed by atoms with Gasteiger partial charge < -0.3 is 8.85 Å². The van der Waals surface area contributed by atoms with Crippen molar-refractivity contribution in [3.63, 3.8) is 0 Å². The molecule has 2 rings (SSSR count). The van der Waals surface area contributed by atoms with Gasteiger partial charge in [-0.3, -0.25) is 0 Å². The molecule has 0 aromatic heterocycles. The number of hydrogen-bond donors (Lipinski definition) is 0. The second-order valence-electron chi connectivity index (χ2n) is 11.2. The summed E-state index contributed by atoms with van der Waals surface area (Å²) in [6.07, 6.45) is 4.28. The van der Waals surface area contributed by atoms with Crippen molar-refractivity contribution < 1.29 is 8.85 Å². The summed E-state index contributed by atoms with van der Waals surface area (Å²) in [4.78, 5) is 0. The Morgan fingerprint density at radius 1 is 0.533 bits per heavy atom.